The summed E-state index contributed by atoms with van der Waals surface area (Å²) in [6, 6.07) is 7.03. The molecule has 0 radical (unpaired) electrons. The molecule has 3 rings (SSSR count). The first-order valence-corrected chi connectivity index (χ1v) is 7.20. The van der Waals surface area contributed by atoms with Crippen molar-refractivity contribution in [3.05, 3.63) is 57.8 Å². The highest BCUT2D eigenvalue weighted by Gasteiger charge is 2.10. The summed E-state index contributed by atoms with van der Waals surface area (Å²) in [6.07, 6.45) is 3.07. The van der Waals surface area contributed by atoms with Crippen LogP contribution < -0.4 is 5.32 Å². The van der Waals surface area contributed by atoms with Gasteiger partial charge in [0.15, 0.2) is 5.82 Å². The van der Waals surface area contributed by atoms with E-state index in [0.717, 1.165) is 0 Å². The maximum atomic E-state index is 13.4. The Morgan fingerprint density at radius 1 is 1.29 bits per heavy atom. The molecule has 1 N–H and O–H groups in total. The number of benzene rings is 1. The van der Waals surface area contributed by atoms with Crippen LogP contribution in [-0.4, -0.2) is 21.4 Å². The van der Waals surface area contributed by atoms with Crippen molar-refractivity contribution in [1.29, 1.82) is 0 Å². The topological polar surface area (TPSA) is 94.1 Å². The summed E-state index contributed by atoms with van der Waals surface area (Å²) in [7, 11) is 0. The summed E-state index contributed by atoms with van der Waals surface area (Å²) < 4.78 is 18.5. The van der Waals surface area contributed by atoms with Gasteiger partial charge in [-0.2, -0.15) is 0 Å². The van der Waals surface area contributed by atoms with Crippen molar-refractivity contribution in [2.75, 3.05) is 11.9 Å². The lowest BCUT2D eigenvalue weighted by molar-refractivity contribution is -0.402. The fourth-order valence-electron chi connectivity index (χ4n) is 2.18. The first kappa shape index (κ1) is 15.6. The predicted octanol–water partition coefficient (Wildman–Crippen LogP) is 3.87. The monoisotopic (exact) mass is 328 g/mol. The second kappa shape index (κ2) is 6.45. The van der Waals surface area contributed by atoms with E-state index < -0.39 is 4.92 Å². The Hall–Kier alpha value is -3.29. The van der Waals surface area contributed by atoms with Gasteiger partial charge in [0.05, 0.1) is 11.6 Å². The van der Waals surface area contributed by atoms with Crippen LogP contribution in [0.1, 0.15) is 18.5 Å². The smallest absolute Gasteiger partial charge is 0.401 e. The zero-order chi connectivity index (χ0) is 17.1. The number of rotatable bonds is 5. The minimum absolute atomic E-state index is 0.301. The number of nitrogens with one attached hydrogen (secondary N) is 1. The van der Waals surface area contributed by atoms with Gasteiger partial charge >= 0.3 is 5.88 Å². The lowest BCUT2D eigenvalue weighted by atomic mass is 10.2. The maximum absolute atomic E-state index is 13.4. The Morgan fingerprint density at radius 2 is 2.12 bits per heavy atom. The van der Waals surface area contributed by atoms with Crippen molar-refractivity contribution in [3.63, 3.8) is 0 Å². The molecule has 8 heteroatoms. The van der Waals surface area contributed by atoms with E-state index in [9.17, 15) is 14.5 Å². The summed E-state index contributed by atoms with van der Waals surface area (Å²) in [5.74, 6) is 0.495. The molecule has 2 heterocycles. The summed E-state index contributed by atoms with van der Waals surface area (Å²) in [5.41, 5.74) is 0.464. The van der Waals surface area contributed by atoms with Crippen molar-refractivity contribution in [3.8, 4) is 0 Å². The Balaban J connectivity index is 1.98. The van der Waals surface area contributed by atoms with Gasteiger partial charge in [-0.05, 0) is 37.3 Å². The number of nitro groups is 1. The van der Waals surface area contributed by atoms with Crippen LogP contribution in [0.3, 0.4) is 0 Å². The van der Waals surface area contributed by atoms with Crippen LogP contribution in [0.5, 0.6) is 0 Å². The molecule has 0 aliphatic rings. The minimum atomic E-state index is -0.615. The molecule has 0 fully saturated rings. The molecule has 2 aromatic heterocycles. The third-order valence-corrected chi connectivity index (χ3v) is 3.21. The maximum Gasteiger partial charge on any atom is 0.433 e. The largest absolute Gasteiger partial charge is 0.433 e. The van der Waals surface area contributed by atoms with E-state index in [2.05, 4.69) is 15.3 Å². The molecule has 1 aromatic carbocycles. The lowest BCUT2D eigenvalue weighted by Gasteiger charge is -2.07. The zero-order valence-corrected chi connectivity index (χ0v) is 12.7. The summed E-state index contributed by atoms with van der Waals surface area (Å²) >= 11 is 0. The Labute approximate surface area is 136 Å². The van der Waals surface area contributed by atoms with Crippen molar-refractivity contribution < 1.29 is 13.7 Å². The molecule has 0 amide bonds. The lowest BCUT2D eigenvalue weighted by Crippen LogP contribution is -2.03. The molecule has 0 aliphatic carbocycles. The number of fused-ring (bicyclic) bond motifs is 1. The molecule has 0 saturated carbocycles. The van der Waals surface area contributed by atoms with Gasteiger partial charge in [0.1, 0.15) is 22.3 Å². The molecular formula is C16H13FN4O3. The summed E-state index contributed by atoms with van der Waals surface area (Å²) in [4.78, 5) is 18.6. The van der Waals surface area contributed by atoms with Gasteiger partial charge in [-0.25, -0.2) is 14.4 Å². The van der Waals surface area contributed by atoms with Crippen LogP contribution in [0.15, 0.2) is 34.7 Å². The van der Waals surface area contributed by atoms with E-state index in [1.165, 1.54) is 30.3 Å². The third kappa shape index (κ3) is 3.22. The molecule has 0 saturated heterocycles. The van der Waals surface area contributed by atoms with Crippen molar-refractivity contribution in [2.24, 2.45) is 0 Å². The Bertz CT molecular complexity index is 936. The number of nitrogens with zero attached hydrogens (tertiary/aromatic N) is 3. The highest BCUT2D eigenvalue weighted by molar-refractivity contribution is 5.90. The molecule has 0 aliphatic heterocycles. The average molecular weight is 328 g/mol. The van der Waals surface area contributed by atoms with Gasteiger partial charge in [0, 0.05) is 18.0 Å². The number of furan rings is 1. The van der Waals surface area contributed by atoms with Gasteiger partial charge in [-0.15, -0.1) is 0 Å². The van der Waals surface area contributed by atoms with Crippen LogP contribution in [0.4, 0.5) is 16.1 Å². The molecule has 0 spiro atoms. The summed E-state index contributed by atoms with van der Waals surface area (Å²) in [6.45, 7) is 2.58. The number of hydrogen-bond acceptors (Lipinski definition) is 6. The molecule has 24 heavy (non-hydrogen) atoms. The van der Waals surface area contributed by atoms with Crippen LogP contribution in [-0.2, 0) is 0 Å². The predicted molar refractivity (Wildman–Crippen MR) is 88.0 cm³/mol. The van der Waals surface area contributed by atoms with Gasteiger partial charge in [0.25, 0.3) is 0 Å². The molecule has 122 valence electrons. The normalized spacial score (nSPS) is 11.2. The first-order chi connectivity index (χ1) is 11.6. The summed E-state index contributed by atoms with van der Waals surface area (Å²) in [5, 5.41) is 14.4. The molecule has 0 atom stereocenters. The minimum Gasteiger partial charge on any atom is -0.401 e. The van der Waals surface area contributed by atoms with Gasteiger partial charge in [-0.3, -0.25) is 10.1 Å². The van der Waals surface area contributed by atoms with Crippen molar-refractivity contribution in [1.82, 2.24) is 9.97 Å². The molecule has 3 aromatic rings. The van der Waals surface area contributed by atoms with Crippen molar-refractivity contribution in [2.45, 2.75) is 6.92 Å². The van der Waals surface area contributed by atoms with Crippen LogP contribution >= 0.6 is 0 Å². The highest BCUT2D eigenvalue weighted by atomic mass is 19.1. The number of halogens is 1. The highest BCUT2D eigenvalue weighted by Crippen LogP contribution is 2.22. The van der Waals surface area contributed by atoms with E-state index in [4.69, 9.17) is 4.42 Å². The third-order valence-electron chi connectivity index (χ3n) is 3.21. The second-order valence-electron chi connectivity index (χ2n) is 4.89. The van der Waals surface area contributed by atoms with Gasteiger partial charge < -0.3 is 9.73 Å². The quantitative estimate of drug-likeness (QED) is 0.564. The van der Waals surface area contributed by atoms with E-state index in [1.807, 2.05) is 6.92 Å². The average Bonchev–Trinajstić information content (AvgIpc) is 3.02. The van der Waals surface area contributed by atoms with E-state index >= 15 is 0 Å². The zero-order valence-electron chi connectivity index (χ0n) is 12.7. The van der Waals surface area contributed by atoms with E-state index in [-0.39, 0.29) is 11.7 Å². The van der Waals surface area contributed by atoms with Crippen molar-refractivity contribution >= 4 is 34.8 Å². The number of aromatic nitrogens is 2. The van der Waals surface area contributed by atoms with Crippen LogP contribution in [0.25, 0.3) is 23.1 Å². The number of hydrogen-bond donors (Lipinski definition) is 1. The SMILES string of the molecule is CCNc1nc(C=Cc2ccc([N+](=O)[O-])o2)nc2cc(F)ccc12. The van der Waals surface area contributed by atoms with E-state index in [1.54, 1.807) is 12.1 Å². The molecule has 0 bridgehead atoms. The standard InChI is InChI=1S/C16H13FN4O3/c1-2-18-16-12-6-3-10(17)9-13(12)19-14(20-16)7-4-11-5-8-15(24-11)21(22)23/h3-9H,2H2,1H3,(H,18,19,20). The van der Waals surface area contributed by atoms with E-state index in [0.29, 0.717) is 34.9 Å². The van der Waals surface area contributed by atoms with Crippen LogP contribution in [0.2, 0.25) is 0 Å². The second-order valence-corrected chi connectivity index (χ2v) is 4.89. The molecular weight excluding hydrogens is 315 g/mol. The Morgan fingerprint density at radius 3 is 2.83 bits per heavy atom. The molecule has 0 unspecified atom stereocenters. The Kier molecular flexibility index (Phi) is 4.19. The van der Waals surface area contributed by atoms with Gasteiger partial charge in [-0.1, -0.05) is 0 Å². The molecule has 7 nitrogen and oxygen atoms in total. The first-order valence-electron chi connectivity index (χ1n) is 7.20. The number of anilines is 1. The van der Waals surface area contributed by atoms with Crippen LogP contribution in [0, 0.1) is 15.9 Å². The fourth-order valence-corrected chi connectivity index (χ4v) is 2.18. The fraction of sp³-hybridized carbons (Fsp3) is 0.125. The van der Waals surface area contributed by atoms with Gasteiger partial charge in [0.2, 0.25) is 0 Å².